The quantitative estimate of drug-likeness (QED) is 0.401. The zero-order valence-electron chi connectivity index (χ0n) is 17.5. The first kappa shape index (κ1) is 22.2. The van der Waals surface area contributed by atoms with E-state index in [1.165, 1.54) is 11.8 Å². The summed E-state index contributed by atoms with van der Waals surface area (Å²) >= 11 is 1.52. The molecule has 33 heavy (non-hydrogen) atoms. The highest BCUT2D eigenvalue weighted by atomic mass is 32.2. The van der Waals surface area contributed by atoms with Crippen LogP contribution in [0.3, 0.4) is 0 Å². The molecule has 0 spiro atoms. The van der Waals surface area contributed by atoms with Gasteiger partial charge in [0.15, 0.2) is 6.61 Å². The summed E-state index contributed by atoms with van der Waals surface area (Å²) in [4.78, 5) is 38.7. The number of aryl methyl sites for hydroxylation is 1. The fourth-order valence-corrected chi connectivity index (χ4v) is 3.97. The molecule has 4 aromatic rings. The number of amides is 1. The van der Waals surface area contributed by atoms with Crippen molar-refractivity contribution in [3.05, 3.63) is 89.2 Å². The third-order valence-corrected chi connectivity index (χ3v) is 5.74. The molecule has 0 radical (unpaired) electrons. The van der Waals surface area contributed by atoms with Gasteiger partial charge in [0.2, 0.25) is 0 Å². The molecular weight excluding hydrogens is 440 g/mol. The lowest BCUT2D eigenvalue weighted by molar-refractivity contribution is -0.147. The molecule has 1 heterocycles. The molecule has 0 bridgehead atoms. The van der Waals surface area contributed by atoms with E-state index in [9.17, 15) is 14.4 Å². The van der Waals surface area contributed by atoms with Gasteiger partial charge >= 0.3 is 5.97 Å². The third-order valence-electron chi connectivity index (χ3n) is 4.65. The van der Waals surface area contributed by atoms with E-state index >= 15 is 0 Å². The Morgan fingerprint density at radius 1 is 0.939 bits per heavy atom. The number of ether oxygens (including phenoxy) is 1. The van der Waals surface area contributed by atoms with Gasteiger partial charge in [-0.2, -0.15) is 0 Å². The number of nitrogens with one attached hydrogen (secondary N) is 1. The number of hydrogen-bond acceptors (Lipinski definition) is 7. The largest absolute Gasteiger partial charge is 0.456 e. The number of esters is 1. The molecule has 0 aliphatic carbocycles. The Bertz CT molecular complexity index is 1340. The monoisotopic (exact) mass is 460 g/mol. The number of aromatic nitrogens is 3. The van der Waals surface area contributed by atoms with Gasteiger partial charge in [0.1, 0.15) is 5.52 Å². The first-order valence-electron chi connectivity index (χ1n) is 10.2. The molecule has 3 aromatic carbocycles. The minimum atomic E-state index is -0.612. The standard InChI is InChI=1S/C24H20N4O4S/c29-22(25-20-12-6-7-13-21(20)33-17-8-2-1-3-9-17)16-32-23(30)14-15-28-24(31)18-10-4-5-11-19(18)26-27-28/h1-13H,14-16H2,(H,25,29). The molecule has 4 rings (SSSR count). The van der Waals surface area contributed by atoms with Crippen LogP contribution in [-0.2, 0) is 20.9 Å². The number of nitrogens with zero attached hydrogens (tertiary/aromatic N) is 3. The summed E-state index contributed by atoms with van der Waals surface area (Å²) in [5.74, 6) is -1.06. The molecule has 0 saturated carbocycles. The zero-order chi connectivity index (χ0) is 23.0. The van der Waals surface area contributed by atoms with Crippen molar-refractivity contribution in [2.45, 2.75) is 22.8 Å². The van der Waals surface area contributed by atoms with Crippen molar-refractivity contribution in [1.82, 2.24) is 15.0 Å². The maximum atomic E-state index is 12.4. The summed E-state index contributed by atoms with van der Waals surface area (Å²) in [5, 5.41) is 11.0. The Hall–Kier alpha value is -3.98. The van der Waals surface area contributed by atoms with Crippen LogP contribution in [0.2, 0.25) is 0 Å². The molecule has 166 valence electrons. The predicted molar refractivity (Wildman–Crippen MR) is 125 cm³/mol. The Morgan fingerprint density at radius 2 is 1.67 bits per heavy atom. The van der Waals surface area contributed by atoms with E-state index in [2.05, 4.69) is 15.6 Å². The molecule has 1 N–H and O–H groups in total. The van der Waals surface area contributed by atoms with Crippen LogP contribution in [0.4, 0.5) is 5.69 Å². The van der Waals surface area contributed by atoms with Gasteiger partial charge in [0.25, 0.3) is 11.5 Å². The third kappa shape index (κ3) is 5.83. The van der Waals surface area contributed by atoms with E-state index in [0.717, 1.165) is 14.5 Å². The number of anilines is 1. The van der Waals surface area contributed by atoms with Crippen LogP contribution in [0.25, 0.3) is 10.9 Å². The lowest BCUT2D eigenvalue weighted by Gasteiger charge is -2.11. The number of hydrogen-bond donors (Lipinski definition) is 1. The number of carbonyl (C=O) groups is 2. The van der Waals surface area contributed by atoms with Gasteiger partial charge in [-0.1, -0.05) is 59.4 Å². The van der Waals surface area contributed by atoms with Crippen molar-refractivity contribution in [1.29, 1.82) is 0 Å². The highest BCUT2D eigenvalue weighted by Gasteiger charge is 2.12. The van der Waals surface area contributed by atoms with Crippen LogP contribution in [0.5, 0.6) is 0 Å². The van der Waals surface area contributed by atoms with Crippen molar-refractivity contribution in [2.75, 3.05) is 11.9 Å². The van der Waals surface area contributed by atoms with Crippen LogP contribution in [0.15, 0.2) is 93.4 Å². The predicted octanol–water partition coefficient (Wildman–Crippen LogP) is 3.51. The van der Waals surface area contributed by atoms with Gasteiger partial charge in [-0.15, -0.1) is 5.10 Å². The molecule has 1 amide bonds. The number of benzene rings is 3. The maximum Gasteiger partial charge on any atom is 0.308 e. The van der Waals surface area contributed by atoms with Gasteiger partial charge in [-0.05, 0) is 36.4 Å². The molecule has 0 aliphatic rings. The fraction of sp³-hybridized carbons (Fsp3) is 0.125. The minimum Gasteiger partial charge on any atom is -0.456 e. The van der Waals surface area contributed by atoms with Gasteiger partial charge in [0, 0.05) is 9.79 Å². The molecule has 0 aliphatic heterocycles. The first-order chi connectivity index (χ1) is 16.1. The molecule has 0 unspecified atom stereocenters. The molecule has 1 aromatic heterocycles. The van der Waals surface area contributed by atoms with Crippen LogP contribution in [0.1, 0.15) is 6.42 Å². The minimum absolute atomic E-state index is 0.00761. The van der Waals surface area contributed by atoms with Crippen molar-refractivity contribution >= 4 is 40.2 Å². The van der Waals surface area contributed by atoms with Gasteiger partial charge in [-0.25, -0.2) is 4.68 Å². The van der Waals surface area contributed by atoms with Crippen molar-refractivity contribution in [3.8, 4) is 0 Å². The van der Waals surface area contributed by atoms with Crippen molar-refractivity contribution in [2.24, 2.45) is 0 Å². The topological polar surface area (TPSA) is 103 Å². The van der Waals surface area contributed by atoms with E-state index in [1.807, 2.05) is 48.5 Å². The maximum absolute atomic E-state index is 12.4. The molecule has 0 saturated heterocycles. The summed E-state index contributed by atoms with van der Waals surface area (Å²) in [6.45, 7) is -0.421. The SMILES string of the molecule is O=C(COC(=O)CCn1nnc2ccccc2c1=O)Nc1ccccc1Sc1ccccc1. The van der Waals surface area contributed by atoms with Crippen molar-refractivity contribution < 1.29 is 14.3 Å². The van der Waals surface area contributed by atoms with Crippen LogP contribution in [-0.4, -0.2) is 33.5 Å². The second-order valence-electron chi connectivity index (χ2n) is 7.01. The van der Waals surface area contributed by atoms with Gasteiger partial charge in [0.05, 0.1) is 24.0 Å². The van der Waals surface area contributed by atoms with Gasteiger partial charge < -0.3 is 10.1 Å². The number of para-hydroxylation sites is 1. The Labute approximate surface area is 193 Å². The van der Waals surface area contributed by atoms with Gasteiger partial charge in [-0.3, -0.25) is 14.4 Å². The normalized spacial score (nSPS) is 10.7. The van der Waals surface area contributed by atoms with E-state index < -0.39 is 18.5 Å². The lowest BCUT2D eigenvalue weighted by atomic mass is 10.2. The Balaban J connectivity index is 1.29. The average molecular weight is 461 g/mol. The van der Waals surface area contributed by atoms with E-state index in [4.69, 9.17) is 4.74 Å². The summed E-state index contributed by atoms with van der Waals surface area (Å²) in [6, 6.07) is 24.0. The first-order valence-corrected chi connectivity index (χ1v) is 11.0. The number of rotatable bonds is 8. The fourth-order valence-electron chi connectivity index (χ4n) is 3.05. The molecular formula is C24H20N4O4S. The molecule has 9 heteroatoms. The van der Waals surface area contributed by atoms with E-state index in [1.54, 1.807) is 30.3 Å². The molecule has 8 nitrogen and oxygen atoms in total. The van der Waals surface area contributed by atoms with Crippen LogP contribution >= 0.6 is 11.8 Å². The van der Waals surface area contributed by atoms with E-state index in [-0.39, 0.29) is 18.5 Å². The molecule has 0 atom stereocenters. The molecule has 0 fully saturated rings. The summed E-state index contributed by atoms with van der Waals surface area (Å²) in [5.41, 5.74) is 0.785. The van der Waals surface area contributed by atoms with Crippen LogP contribution < -0.4 is 10.9 Å². The Morgan fingerprint density at radius 3 is 2.52 bits per heavy atom. The highest BCUT2D eigenvalue weighted by Crippen LogP contribution is 2.33. The van der Waals surface area contributed by atoms with E-state index in [0.29, 0.717) is 16.6 Å². The highest BCUT2D eigenvalue weighted by molar-refractivity contribution is 7.99. The second-order valence-corrected chi connectivity index (χ2v) is 8.12. The summed E-state index contributed by atoms with van der Waals surface area (Å²) in [7, 11) is 0. The zero-order valence-corrected chi connectivity index (χ0v) is 18.3. The summed E-state index contributed by atoms with van der Waals surface area (Å²) in [6.07, 6.45) is -0.110. The summed E-state index contributed by atoms with van der Waals surface area (Å²) < 4.78 is 6.17. The smallest absolute Gasteiger partial charge is 0.308 e. The number of carbonyl (C=O) groups excluding carboxylic acids is 2. The Kier molecular flexibility index (Phi) is 7.11. The van der Waals surface area contributed by atoms with Crippen molar-refractivity contribution in [3.63, 3.8) is 0 Å². The lowest BCUT2D eigenvalue weighted by Crippen LogP contribution is -2.26. The van der Waals surface area contributed by atoms with Crippen LogP contribution in [0, 0.1) is 0 Å². The average Bonchev–Trinajstić information content (AvgIpc) is 2.84. The number of fused-ring (bicyclic) bond motifs is 1. The second kappa shape index (κ2) is 10.6.